The van der Waals surface area contributed by atoms with E-state index in [1.807, 2.05) is 24.3 Å². The van der Waals surface area contributed by atoms with E-state index in [-0.39, 0.29) is 5.41 Å². The Labute approximate surface area is 146 Å². The van der Waals surface area contributed by atoms with E-state index in [2.05, 4.69) is 48.9 Å². The maximum Gasteiger partial charge on any atom is 0.133 e. The van der Waals surface area contributed by atoms with Crippen molar-refractivity contribution in [2.45, 2.75) is 30.8 Å². The van der Waals surface area contributed by atoms with Crippen LogP contribution in [0.4, 0.5) is 0 Å². The first-order valence-electron chi connectivity index (χ1n) is 7.29. The van der Waals surface area contributed by atoms with E-state index < -0.39 is 0 Å². The summed E-state index contributed by atoms with van der Waals surface area (Å²) in [5, 5.41) is 22.0. The molecule has 2 rings (SSSR count). The van der Waals surface area contributed by atoms with Crippen LogP contribution < -0.4 is 0 Å². The van der Waals surface area contributed by atoms with Gasteiger partial charge < -0.3 is 0 Å². The Balaban J connectivity index is 2.47. The fraction of sp³-hybridized carbons (Fsp3) is 0.263. The second kappa shape index (κ2) is 8.11. The monoisotopic (exact) mass is 338 g/mol. The van der Waals surface area contributed by atoms with Gasteiger partial charge in [0.1, 0.15) is 10.8 Å². The zero-order chi connectivity index (χ0) is 16.7. The van der Waals surface area contributed by atoms with Crippen molar-refractivity contribution in [3.05, 3.63) is 70.8 Å². The molecule has 0 aliphatic heterocycles. The number of benzene rings is 2. The third kappa shape index (κ3) is 4.10. The van der Waals surface area contributed by atoms with Gasteiger partial charge in [-0.1, -0.05) is 62.4 Å². The van der Waals surface area contributed by atoms with Crippen LogP contribution >= 0.6 is 23.5 Å². The summed E-state index contributed by atoms with van der Waals surface area (Å²) in [4.78, 5) is 0. The molecule has 2 aromatic carbocycles. The summed E-state index contributed by atoms with van der Waals surface area (Å²) in [5.41, 5.74) is 4.66. The van der Waals surface area contributed by atoms with Crippen molar-refractivity contribution in [2.24, 2.45) is 0 Å². The van der Waals surface area contributed by atoms with Gasteiger partial charge in [0, 0.05) is 16.9 Å². The Morgan fingerprint density at radius 3 is 1.57 bits per heavy atom. The summed E-state index contributed by atoms with van der Waals surface area (Å²) < 4.78 is 0. The zero-order valence-corrected chi connectivity index (χ0v) is 14.9. The molecule has 0 saturated heterocycles. The average Bonchev–Trinajstić information content (AvgIpc) is 2.58. The average molecular weight is 339 g/mol. The number of rotatable bonds is 6. The van der Waals surface area contributed by atoms with E-state index in [0.29, 0.717) is 11.5 Å². The predicted molar refractivity (Wildman–Crippen MR) is 98.8 cm³/mol. The molecule has 2 aromatic rings. The molecule has 0 radical (unpaired) electrons. The highest BCUT2D eigenvalue weighted by Gasteiger charge is 2.27. The Morgan fingerprint density at radius 1 is 0.783 bits per heavy atom. The van der Waals surface area contributed by atoms with E-state index in [1.165, 1.54) is 45.8 Å². The normalized spacial score (nSPS) is 10.8. The Bertz CT molecular complexity index is 691. The smallest absolute Gasteiger partial charge is 0.133 e. The van der Waals surface area contributed by atoms with Crippen molar-refractivity contribution in [1.29, 1.82) is 10.5 Å². The molecule has 0 bridgehead atoms. The molecule has 0 aromatic heterocycles. The SMILES string of the molecule is CC(C)(c1ccccc1CSC#N)c1ccccc1CSC#N. The molecule has 0 unspecified atom stereocenters. The third-order valence-electron chi connectivity index (χ3n) is 3.97. The minimum absolute atomic E-state index is 0.181. The molecule has 0 aliphatic carbocycles. The predicted octanol–water partition coefficient (Wildman–Crippen LogP) is 5.44. The largest absolute Gasteiger partial charge is 0.185 e. The lowest BCUT2D eigenvalue weighted by Crippen LogP contribution is -2.22. The van der Waals surface area contributed by atoms with Gasteiger partial charge in [0.15, 0.2) is 0 Å². The van der Waals surface area contributed by atoms with E-state index >= 15 is 0 Å². The summed E-state index contributed by atoms with van der Waals surface area (Å²) in [6.07, 6.45) is 0. The topological polar surface area (TPSA) is 47.6 Å². The molecule has 0 heterocycles. The quantitative estimate of drug-likeness (QED) is 0.658. The molecule has 0 fully saturated rings. The summed E-state index contributed by atoms with van der Waals surface area (Å²) in [7, 11) is 0. The van der Waals surface area contributed by atoms with Crippen molar-refractivity contribution in [3.63, 3.8) is 0 Å². The summed E-state index contributed by atoms with van der Waals surface area (Å²) >= 11 is 2.53. The lowest BCUT2D eigenvalue weighted by Gasteiger charge is -2.30. The molecule has 0 saturated carbocycles. The highest BCUT2D eigenvalue weighted by atomic mass is 32.2. The van der Waals surface area contributed by atoms with Gasteiger partial charge in [-0.2, -0.15) is 10.5 Å². The van der Waals surface area contributed by atoms with Gasteiger partial charge in [-0.15, -0.1) is 0 Å². The number of nitriles is 2. The van der Waals surface area contributed by atoms with E-state index in [4.69, 9.17) is 10.5 Å². The molecule has 0 aliphatic rings. The highest BCUT2D eigenvalue weighted by molar-refractivity contribution is 8.03. The van der Waals surface area contributed by atoms with Gasteiger partial charge in [0.2, 0.25) is 0 Å². The van der Waals surface area contributed by atoms with Crippen LogP contribution in [0.2, 0.25) is 0 Å². The maximum atomic E-state index is 8.86. The molecule has 2 nitrogen and oxygen atoms in total. The van der Waals surface area contributed by atoms with Crippen LogP contribution in [0.1, 0.15) is 36.1 Å². The van der Waals surface area contributed by atoms with Crippen molar-refractivity contribution in [2.75, 3.05) is 0 Å². The summed E-state index contributed by atoms with van der Waals surface area (Å²) in [6, 6.07) is 16.6. The number of hydrogen-bond acceptors (Lipinski definition) is 4. The molecular weight excluding hydrogens is 320 g/mol. The van der Waals surface area contributed by atoms with Gasteiger partial charge in [0.05, 0.1) is 0 Å². The first-order valence-corrected chi connectivity index (χ1v) is 9.27. The zero-order valence-electron chi connectivity index (χ0n) is 13.2. The van der Waals surface area contributed by atoms with Crippen molar-refractivity contribution in [3.8, 4) is 10.8 Å². The molecule has 0 atom stereocenters. The van der Waals surface area contributed by atoms with Crippen molar-refractivity contribution in [1.82, 2.24) is 0 Å². The Hall–Kier alpha value is -1.88. The number of nitrogens with zero attached hydrogens (tertiary/aromatic N) is 2. The minimum atomic E-state index is -0.181. The van der Waals surface area contributed by atoms with Crippen LogP contribution in [-0.4, -0.2) is 0 Å². The van der Waals surface area contributed by atoms with Crippen LogP contribution in [-0.2, 0) is 16.9 Å². The van der Waals surface area contributed by atoms with E-state index in [0.717, 1.165) is 0 Å². The van der Waals surface area contributed by atoms with Gasteiger partial charge in [-0.25, -0.2) is 0 Å². The lowest BCUT2D eigenvalue weighted by atomic mass is 9.74. The van der Waals surface area contributed by atoms with Gasteiger partial charge in [0.25, 0.3) is 0 Å². The van der Waals surface area contributed by atoms with Crippen LogP contribution in [0.5, 0.6) is 0 Å². The van der Waals surface area contributed by atoms with Gasteiger partial charge >= 0.3 is 0 Å². The highest BCUT2D eigenvalue weighted by Crippen LogP contribution is 2.37. The fourth-order valence-electron chi connectivity index (χ4n) is 2.88. The van der Waals surface area contributed by atoms with E-state index in [9.17, 15) is 0 Å². The second-order valence-electron chi connectivity index (χ2n) is 5.70. The van der Waals surface area contributed by atoms with Crippen molar-refractivity contribution < 1.29 is 0 Å². The van der Waals surface area contributed by atoms with Crippen LogP contribution in [0.25, 0.3) is 0 Å². The minimum Gasteiger partial charge on any atom is -0.185 e. The number of thiocyanates is 2. The van der Waals surface area contributed by atoms with Gasteiger partial charge in [-0.05, 0) is 45.8 Å². The molecule has 4 heteroatoms. The second-order valence-corrected chi connectivity index (χ2v) is 7.22. The van der Waals surface area contributed by atoms with Crippen LogP contribution in [0.3, 0.4) is 0 Å². The standard InChI is InChI=1S/C19H18N2S2/c1-19(2,17-9-5-3-7-15(17)11-22-13-20)18-10-6-4-8-16(18)12-23-14-21/h3-10H,11-12H2,1-2H3. The van der Waals surface area contributed by atoms with E-state index in [1.54, 1.807) is 0 Å². The molecule has 0 spiro atoms. The molecule has 0 amide bonds. The fourth-order valence-corrected chi connectivity index (χ4v) is 3.82. The maximum absolute atomic E-state index is 8.86. The third-order valence-corrected chi connectivity index (χ3v) is 5.13. The van der Waals surface area contributed by atoms with Crippen LogP contribution in [0, 0.1) is 21.3 Å². The molecule has 23 heavy (non-hydrogen) atoms. The lowest BCUT2D eigenvalue weighted by molar-refractivity contribution is 0.630. The molecule has 0 N–H and O–H groups in total. The Morgan fingerprint density at radius 2 is 1.17 bits per heavy atom. The first kappa shape index (κ1) is 17.5. The summed E-state index contributed by atoms with van der Waals surface area (Å²) in [5.74, 6) is 1.37. The Kier molecular flexibility index (Phi) is 6.16. The number of thioether (sulfide) groups is 2. The van der Waals surface area contributed by atoms with Gasteiger partial charge in [-0.3, -0.25) is 0 Å². The van der Waals surface area contributed by atoms with Crippen LogP contribution in [0.15, 0.2) is 48.5 Å². The first-order chi connectivity index (χ1) is 11.1. The molecule has 116 valence electrons. The molecular formula is C19H18N2S2. The number of hydrogen-bond donors (Lipinski definition) is 0. The summed E-state index contributed by atoms with van der Waals surface area (Å²) in [6.45, 7) is 4.41. The van der Waals surface area contributed by atoms with Crippen molar-refractivity contribution >= 4 is 23.5 Å².